The van der Waals surface area contributed by atoms with Gasteiger partial charge in [0.05, 0.1) is 4.91 Å². The molecule has 0 aromatic rings. The van der Waals surface area contributed by atoms with Gasteiger partial charge in [0.15, 0.2) is 0 Å². The second-order valence-electron chi connectivity index (χ2n) is 5.71. The Kier molecular flexibility index (Phi) is 6.86. The molecule has 0 aliphatic carbocycles. The van der Waals surface area contributed by atoms with Crippen molar-refractivity contribution in [3.05, 3.63) is 23.0 Å². The lowest BCUT2D eigenvalue weighted by Gasteiger charge is -2.29. The van der Waals surface area contributed by atoms with Gasteiger partial charge in [0.1, 0.15) is 5.60 Å². The van der Waals surface area contributed by atoms with Crippen molar-refractivity contribution in [2.24, 2.45) is 0 Å². The highest BCUT2D eigenvalue weighted by atomic mass is 32.2. The molecule has 1 atom stereocenters. The highest BCUT2D eigenvalue weighted by Gasteiger charge is 2.33. The van der Waals surface area contributed by atoms with Crippen molar-refractivity contribution < 1.29 is 22.7 Å². The number of allylic oxidation sites excluding steroid dienone is 1. The van der Waals surface area contributed by atoms with Crippen LogP contribution < -0.4 is 0 Å². The zero-order chi connectivity index (χ0) is 17.0. The summed E-state index contributed by atoms with van der Waals surface area (Å²) in [6.45, 7) is 13.5. The van der Waals surface area contributed by atoms with Gasteiger partial charge in [-0.15, -0.1) is 0 Å². The Morgan fingerprint density at radius 2 is 1.76 bits per heavy atom. The standard InChI is InChI=1S/C14H22F3NO2S/c1-9(18(7)12(19)20-13(4,5)6)8-10(2)21-11(3)14(15,16)17/h9H,2-3,8H2,1,4-7H3. The fourth-order valence-corrected chi connectivity index (χ4v) is 2.04. The molecule has 0 aromatic heterocycles. The molecule has 0 saturated heterocycles. The maximum atomic E-state index is 12.4. The van der Waals surface area contributed by atoms with Crippen LogP contribution in [0.15, 0.2) is 23.0 Å². The summed E-state index contributed by atoms with van der Waals surface area (Å²) in [5.41, 5.74) is -0.624. The molecule has 21 heavy (non-hydrogen) atoms. The summed E-state index contributed by atoms with van der Waals surface area (Å²) < 4.78 is 42.3. The predicted octanol–water partition coefficient (Wildman–Crippen LogP) is 4.95. The van der Waals surface area contributed by atoms with Crippen molar-refractivity contribution in [1.29, 1.82) is 0 Å². The Balaban J connectivity index is 4.48. The van der Waals surface area contributed by atoms with Gasteiger partial charge in [-0.2, -0.15) is 13.2 Å². The molecule has 0 aromatic carbocycles. The topological polar surface area (TPSA) is 29.5 Å². The van der Waals surface area contributed by atoms with Crippen LogP contribution in [0, 0.1) is 0 Å². The van der Waals surface area contributed by atoms with E-state index in [2.05, 4.69) is 13.2 Å². The fraction of sp³-hybridized carbons (Fsp3) is 0.643. The van der Waals surface area contributed by atoms with E-state index in [4.69, 9.17) is 4.74 Å². The first-order chi connectivity index (χ1) is 9.24. The Morgan fingerprint density at radius 1 is 1.29 bits per heavy atom. The Labute approximate surface area is 128 Å². The molecule has 0 saturated carbocycles. The number of thioether (sulfide) groups is 1. The summed E-state index contributed by atoms with van der Waals surface area (Å²) >= 11 is 0.484. The molecule has 0 aliphatic heterocycles. The summed E-state index contributed by atoms with van der Waals surface area (Å²) in [5.74, 6) is 0. The number of carbonyl (C=O) groups is 1. The third kappa shape index (κ3) is 8.04. The molecule has 3 nitrogen and oxygen atoms in total. The lowest BCUT2D eigenvalue weighted by Crippen LogP contribution is -2.39. The molecule has 0 N–H and O–H groups in total. The molecule has 0 heterocycles. The number of amides is 1. The van der Waals surface area contributed by atoms with Crippen molar-refractivity contribution in [1.82, 2.24) is 4.90 Å². The van der Waals surface area contributed by atoms with Crippen LogP contribution in [0.4, 0.5) is 18.0 Å². The van der Waals surface area contributed by atoms with Crippen LogP contribution in [0.3, 0.4) is 0 Å². The summed E-state index contributed by atoms with van der Waals surface area (Å²) in [7, 11) is 1.54. The first kappa shape index (κ1) is 19.9. The first-order valence-corrected chi connectivity index (χ1v) is 7.13. The fourth-order valence-electron chi connectivity index (χ4n) is 1.25. The van der Waals surface area contributed by atoms with Gasteiger partial charge in [0.25, 0.3) is 0 Å². The number of hydrogen-bond acceptors (Lipinski definition) is 3. The number of halogens is 3. The lowest BCUT2D eigenvalue weighted by molar-refractivity contribution is -0.0832. The smallest absolute Gasteiger partial charge is 0.422 e. The van der Waals surface area contributed by atoms with Crippen molar-refractivity contribution in [3.8, 4) is 0 Å². The number of carbonyl (C=O) groups excluding carboxylic acids is 1. The van der Waals surface area contributed by atoms with Gasteiger partial charge in [-0.3, -0.25) is 0 Å². The second kappa shape index (κ2) is 7.24. The van der Waals surface area contributed by atoms with E-state index in [1.165, 1.54) is 11.9 Å². The molecule has 1 unspecified atom stereocenters. The number of ether oxygens (including phenoxy) is 1. The van der Waals surface area contributed by atoms with E-state index >= 15 is 0 Å². The van der Waals surface area contributed by atoms with Gasteiger partial charge < -0.3 is 9.64 Å². The largest absolute Gasteiger partial charge is 0.444 e. The molecule has 0 radical (unpaired) electrons. The van der Waals surface area contributed by atoms with Crippen LogP contribution in [-0.4, -0.2) is 35.9 Å². The molecule has 0 spiro atoms. The summed E-state index contributed by atoms with van der Waals surface area (Å²) in [5, 5.41) is 0. The summed E-state index contributed by atoms with van der Waals surface area (Å²) in [4.78, 5) is 12.5. The molecule has 0 rings (SSSR count). The van der Waals surface area contributed by atoms with E-state index in [-0.39, 0.29) is 12.5 Å². The zero-order valence-corrected chi connectivity index (χ0v) is 13.8. The van der Waals surface area contributed by atoms with E-state index in [0.29, 0.717) is 16.7 Å². The van der Waals surface area contributed by atoms with Gasteiger partial charge in [-0.25, -0.2) is 4.79 Å². The van der Waals surface area contributed by atoms with E-state index < -0.39 is 22.8 Å². The maximum Gasteiger partial charge on any atom is 0.422 e. The highest BCUT2D eigenvalue weighted by Crippen LogP contribution is 2.38. The Hall–Kier alpha value is -1.11. The van der Waals surface area contributed by atoms with E-state index in [1.807, 2.05) is 0 Å². The van der Waals surface area contributed by atoms with Crippen molar-refractivity contribution in [2.75, 3.05) is 7.05 Å². The number of hydrogen-bond donors (Lipinski definition) is 0. The quantitative estimate of drug-likeness (QED) is 0.716. The van der Waals surface area contributed by atoms with Crippen LogP contribution in [0.5, 0.6) is 0 Å². The van der Waals surface area contributed by atoms with Crippen LogP contribution in [0.1, 0.15) is 34.1 Å². The van der Waals surface area contributed by atoms with Gasteiger partial charge in [-0.05, 0) is 39.0 Å². The molecule has 0 bridgehead atoms. The molecule has 7 heteroatoms. The van der Waals surface area contributed by atoms with Crippen molar-refractivity contribution >= 4 is 17.9 Å². The molecule has 0 aliphatic rings. The van der Waals surface area contributed by atoms with Crippen LogP contribution in [0.2, 0.25) is 0 Å². The van der Waals surface area contributed by atoms with Gasteiger partial charge in [0.2, 0.25) is 0 Å². The number of rotatable bonds is 5. The zero-order valence-electron chi connectivity index (χ0n) is 13.0. The first-order valence-electron chi connectivity index (χ1n) is 6.31. The number of alkyl halides is 3. The summed E-state index contributed by atoms with van der Waals surface area (Å²) in [6.07, 6.45) is -4.76. The molecular formula is C14H22F3NO2S. The van der Waals surface area contributed by atoms with Gasteiger partial charge in [-0.1, -0.05) is 24.9 Å². The molecular weight excluding hydrogens is 303 g/mol. The molecule has 0 fully saturated rings. The van der Waals surface area contributed by atoms with E-state index in [1.54, 1.807) is 27.7 Å². The van der Waals surface area contributed by atoms with Crippen LogP contribution in [-0.2, 0) is 4.74 Å². The van der Waals surface area contributed by atoms with E-state index in [9.17, 15) is 18.0 Å². The summed E-state index contributed by atoms with van der Waals surface area (Å²) in [6, 6.07) is -0.333. The highest BCUT2D eigenvalue weighted by molar-refractivity contribution is 8.06. The van der Waals surface area contributed by atoms with Crippen LogP contribution >= 0.6 is 11.8 Å². The minimum absolute atomic E-state index is 0.218. The van der Waals surface area contributed by atoms with E-state index in [0.717, 1.165) is 0 Å². The van der Waals surface area contributed by atoms with Gasteiger partial charge >= 0.3 is 12.3 Å². The van der Waals surface area contributed by atoms with Crippen molar-refractivity contribution in [3.63, 3.8) is 0 Å². The molecule has 1 amide bonds. The monoisotopic (exact) mass is 325 g/mol. The van der Waals surface area contributed by atoms with Crippen molar-refractivity contribution in [2.45, 2.75) is 51.9 Å². The Morgan fingerprint density at radius 3 is 2.14 bits per heavy atom. The SMILES string of the molecule is C=C(CC(C)N(C)C(=O)OC(C)(C)C)SC(=C)C(F)(F)F. The third-order valence-electron chi connectivity index (χ3n) is 2.45. The third-order valence-corrected chi connectivity index (χ3v) is 3.38. The van der Waals surface area contributed by atoms with Crippen LogP contribution in [0.25, 0.3) is 0 Å². The minimum atomic E-state index is -4.45. The lowest BCUT2D eigenvalue weighted by atomic mass is 10.2. The average molecular weight is 325 g/mol. The van der Waals surface area contributed by atoms with Gasteiger partial charge in [0, 0.05) is 13.1 Å². The predicted molar refractivity (Wildman–Crippen MR) is 80.0 cm³/mol. The maximum absolute atomic E-state index is 12.4. The Bertz CT molecular complexity index is 413. The average Bonchev–Trinajstić information content (AvgIpc) is 2.23. The normalized spacial score (nSPS) is 13.5. The number of nitrogens with zero attached hydrogens (tertiary/aromatic N) is 1. The minimum Gasteiger partial charge on any atom is -0.444 e. The molecule has 122 valence electrons. The second-order valence-corrected chi connectivity index (χ2v) is 6.98.